The molecular weight excluding hydrogens is 437 g/mol. The van der Waals surface area contributed by atoms with Crippen LogP contribution in [0.4, 0.5) is 15.8 Å². The minimum absolute atomic E-state index is 0.265. The fourth-order valence-corrected chi connectivity index (χ4v) is 5.67. The van der Waals surface area contributed by atoms with Gasteiger partial charge in [0, 0.05) is 41.6 Å². The number of hydrogen-bond acceptors (Lipinski definition) is 5. The summed E-state index contributed by atoms with van der Waals surface area (Å²) in [7, 11) is 0. The van der Waals surface area contributed by atoms with Gasteiger partial charge in [-0.05, 0) is 63.6 Å². The molecule has 8 heteroatoms. The zero-order valence-electron chi connectivity index (χ0n) is 19.1. The molecule has 0 saturated carbocycles. The van der Waals surface area contributed by atoms with E-state index in [1.165, 1.54) is 17.4 Å². The molecule has 0 bridgehead atoms. The summed E-state index contributed by atoms with van der Waals surface area (Å²) in [4.78, 5) is 23.2. The van der Waals surface area contributed by atoms with Crippen LogP contribution in [0.3, 0.4) is 0 Å². The highest BCUT2D eigenvalue weighted by Crippen LogP contribution is 2.33. The molecule has 1 amide bonds. The zero-order valence-corrected chi connectivity index (χ0v) is 19.9. The van der Waals surface area contributed by atoms with Crippen LogP contribution in [0.1, 0.15) is 40.8 Å². The van der Waals surface area contributed by atoms with Crippen LogP contribution < -0.4 is 15.5 Å². The highest BCUT2D eigenvalue weighted by molar-refractivity contribution is 7.18. The Morgan fingerprint density at radius 3 is 2.79 bits per heavy atom. The molecule has 6 nitrogen and oxygen atoms in total. The maximum absolute atomic E-state index is 14.5. The number of aryl methyl sites for hydroxylation is 2. The lowest BCUT2D eigenvalue weighted by Gasteiger charge is -2.34. The average Bonchev–Trinajstić information content (AvgIpc) is 3.35. The summed E-state index contributed by atoms with van der Waals surface area (Å²) in [6, 6.07) is 9.68. The third-order valence-corrected chi connectivity index (χ3v) is 7.21. The van der Waals surface area contributed by atoms with Crippen LogP contribution in [-0.2, 0) is 0 Å². The van der Waals surface area contributed by atoms with Crippen molar-refractivity contribution in [3.63, 3.8) is 0 Å². The Morgan fingerprint density at radius 2 is 2.03 bits per heavy atom. The van der Waals surface area contributed by atoms with Gasteiger partial charge in [0.15, 0.2) is 5.82 Å². The third-order valence-electron chi connectivity index (χ3n) is 6.29. The van der Waals surface area contributed by atoms with Crippen LogP contribution in [-0.4, -0.2) is 41.6 Å². The van der Waals surface area contributed by atoms with Crippen molar-refractivity contribution in [2.45, 2.75) is 39.7 Å². The molecule has 2 aromatic carbocycles. The van der Waals surface area contributed by atoms with Crippen LogP contribution in [0.25, 0.3) is 21.1 Å². The minimum Gasteiger partial charge on any atom is -0.371 e. The molecule has 0 aliphatic carbocycles. The first-order chi connectivity index (χ1) is 15.9. The quantitative estimate of drug-likeness (QED) is 0.371. The molecule has 0 radical (unpaired) electrons. The third kappa shape index (κ3) is 4.20. The standard InChI is InChI=1S/C25H28FN5OS/c1-4-27-16-7-9-31(10-8-16)21-6-5-18(23-19(21)11-14(2)28-23)25(32)30-17-12-20(26)24-22(13-17)33-15(3)29-24/h5-6,11-13,16,27-28H,4,7-10H2,1-3H3,(H,30,32). The predicted octanol–water partition coefficient (Wildman–Crippen LogP) is 5.36. The normalized spacial score (nSPS) is 15.0. The van der Waals surface area contributed by atoms with E-state index in [0.29, 0.717) is 22.8 Å². The molecule has 1 aliphatic heterocycles. The minimum atomic E-state index is -0.427. The maximum Gasteiger partial charge on any atom is 0.257 e. The van der Waals surface area contributed by atoms with E-state index in [1.54, 1.807) is 6.07 Å². The first-order valence-corrected chi connectivity index (χ1v) is 12.2. The number of piperidine rings is 1. The van der Waals surface area contributed by atoms with E-state index in [9.17, 15) is 9.18 Å². The summed E-state index contributed by atoms with van der Waals surface area (Å²) in [6.07, 6.45) is 2.21. The zero-order chi connectivity index (χ0) is 23.1. The smallest absolute Gasteiger partial charge is 0.257 e. The van der Waals surface area contributed by atoms with Crippen molar-refractivity contribution in [2.24, 2.45) is 0 Å². The molecule has 1 aliphatic rings. The van der Waals surface area contributed by atoms with Crippen molar-refractivity contribution in [3.8, 4) is 0 Å². The SMILES string of the molecule is CCNC1CCN(c2ccc(C(=O)Nc3cc(F)c4nc(C)sc4c3)c3[nH]c(C)cc23)CC1. The van der Waals surface area contributed by atoms with E-state index in [4.69, 9.17) is 0 Å². The van der Waals surface area contributed by atoms with Gasteiger partial charge in [-0.1, -0.05) is 6.92 Å². The van der Waals surface area contributed by atoms with Crippen LogP contribution in [0.5, 0.6) is 0 Å². The fraction of sp³-hybridized carbons (Fsp3) is 0.360. The number of fused-ring (bicyclic) bond motifs is 2. The van der Waals surface area contributed by atoms with E-state index >= 15 is 0 Å². The number of H-pyrrole nitrogens is 1. The molecule has 1 saturated heterocycles. The molecule has 3 N–H and O–H groups in total. The second kappa shape index (κ2) is 8.76. The number of amides is 1. The van der Waals surface area contributed by atoms with E-state index in [-0.39, 0.29) is 5.91 Å². The second-order valence-corrected chi connectivity index (χ2v) is 9.92. The maximum atomic E-state index is 14.5. The summed E-state index contributed by atoms with van der Waals surface area (Å²) in [6.45, 7) is 8.95. The van der Waals surface area contributed by atoms with E-state index in [2.05, 4.69) is 38.5 Å². The predicted molar refractivity (Wildman–Crippen MR) is 134 cm³/mol. The lowest BCUT2D eigenvalue weighted by Crippen LogP contribution is -2.42. The van der Waals surface area contributed by atoms with E-state index < -0.39 is 5.82 Å². The van der Waals surface area contributed by atoms with Crippen molar-refractivity contribution in [1.29, 1.82) is 0 Å². The molecule has 1 fully saturated rings. The van der Waals surface area contributed by atoms with Crippen molar-refractivity contribution >= 4 is 49.7 Å². The first kappa shape index (κ1) is 21.9. The summed E-state index contributed by atoms with van der Waals surface area (Å²) < 4.78 is 15.2. The van der Waals surface area contributed by atoms with Crippen LogP contribution in [0, 0.1) is 19.7 Å². The van der Waals surface area contributed by atoms with Gasteiger partial charge in [0.1, 0.15) is 5.52 Å². The van der Waals surface area contributed by atoms with Crippen LogP contribution >= 0.6 is 11.3 Å². The number of benzene rings is 2. The number of nitrogens with zero attached hydrogens (tertiary/aromatic N) is 2. The topological polar surface area (TPSA) is 73.1 Å². The summed E-state index contributed by atoms with van der Waals surface area (Å²) >= 11 is 1.41. The number of nitrogens with one attached hydrogen (secondary N) is 3. The highest BCUT2D eigenvalue weighted by Gasteiger charge is 2.23. The van der Waals surface area contributed by atoms with Crippen molar-refractivity contribution in [1.82, 2.24) is 15.3 Å². The summed E-state index contributed by atoms with van der Waals surface area (Å²) in [5.41, 5.74) is 4.28. The largest absolute Gasteiger partial charge is 0.371 e. The lowest BCUT2D eigenvalue weighted by atomic mass is 10.0. The Kier molecular flexibility index (Phi) is 5.80. The summed E-state index contributed by atoms with van der Waals surface area (Å²) in [5, 5.41) is 8.26. The lowest BCUT2D eigenvalue weighted by molar-refractivity contribution is 0.102. The average molecular weight is 466 g/mol. The molecule has 2 aromatic heterocycles. The highest BCUT2D eigenvalue weighted by atomic mass is 32.1. The number of carbonyl (C=O) groups excluding carboxylic acids is 1. The van der Waals surface area contributed by atoms with Gasteiger partial charge in [0.05, 0.1) is 20.8 Å². The second-order valence-electron chi connectivity index (χ2n) is 8.68. The van der Waals surface area contributed by atoms with Crippen molar-refractivity contribution < 1.29 is 9.18 Å². The van der Waals surface area contributed by atoms with Gasteiger partial charge in [0.25, 0.3) is 5.91 Å². The number of rotatable bonds is 5. The Labute approximate surface area is 196 Å². The molecule has 5 rings (SSSR count). The number of anilines is 2. The Balaban J connectivity index is 1.43. The molecule has 0 unspecified atom stereocenters. The van der Waals surface area contributed by atoms with Crippen molar-refractivity contribution in [2.75, 3.05) is 29.9 Å². The van der Waals surface area contributed by atoms with E-state index in [1.807, 2.05) is 26.0 Å². The number of thiazole rings is 1. The fourth-order valence-electron chi connectivity index (χ4n) is 4.79. The number of aromatic nitrogens is 2. The molecule has 172 valence electrons. The number of carbonyl (C=O) groups is 1. The van der Waals surface area contributed by atoms with Gasteiger partial charge in [-0.3, -0.25) is 4.79 Å². The Morgan fingerprint density at radius 1 is 1.24 bits per heavy atom. The molecule has 33 heavy (non-hydrogen) atoms. The van der Waals surface area contributed by atoms with Gasteiger partial charge in [-0.15, -0.1) is 11.3 Å². The monoisotopic (exact) mass is 465 g/mol. The van der Waals surface area contributed by atoms with Gasteiger partial charge in [-0.25, -0.2) is 9.37 Å². The van der Waals surface area contributed by atoms with Crippen LogP contribution in [0.2, 0.25) is 0 Å². The van der Waals surface area contributed by atoms with E-state index in [0.717, 1.165) is 64.5 Å². The number of hydrogen-bond donors (Lipinski definition) is 3. The summed E-state index contributed by atoms with van der Waals surface area (Å²) in [5.74, 6) is -0.691. The van der Waals surface area contributed by atoms with Gasteiger partial charge in [-0.2, -0.15) is 0 Å². The number of aromatic amines is 1. The first-order valence-electron chi connectivity index (χ1n) is 11.4. The molecule has 0 atom stereocenters. The molecule has 3 heterocycles. The van der Waals surface area contributed by atoms with Crippen LogP contribution in [0.15, 0.2) is 30.3 Å². The van der Waals surface area contributed by atoms with Gasteiger partial charge in [0.2, 0.25) is 0 Å². The van der Waals surface area contributed by atoms with Gasteiger partial charge < -0.3 is 20.5 Å². The number of halogens is 1. The molecule has 4 aromatic rings. The van der Waals surface area contributed by atoms with Gasteiger partial charge >= 0.3 is 0 Å². The van der Waals surface area contributed by atoms with Crippen molar-refractivity contribution in [3.05, 3.63) is 52.4 Å². The molecular formula is C25H28FN5OS. The molecule has 0 spiro atoms. The Hall–Kier alpha value is -2.97. The Bertz CT molecular complexity index is 1340.